The minimum atomic E-state index is 0.354. The number of ether oxygens (including phenoxy) is 2. The van der Waals surface area contributed by atoms with Crippen molar-refractivity contribution in [3.63, 3.8) is 0 Å². The van der Waals surface area contributed by atoms with Gasteiger partial charge in [-0.25, -0.2) is 0 Å². The Morgan fingerprint density at radius 2 is 2.05 bits per heavy atom. The number of hydrogen-bond donors (Lipinski definition) is 1. The zero-order chi connectivity index (χ0) is 13.7. The average molecular weight is 263 g/mol. The molecule has 3 heteroatoms. The molecule has 1 saturated carbocycles. The molecule has 0 radical (unpaired) electrons. The largest absolute Gasteiger partial charge is 0.493 e. The number of para-hydroxylation sites is 1. The highest BCUT2D eigenvalue weighted by atomic mass is 16.5. The molecule has 2 rings (SSSR count). The van der Waals surface area contributed by atoms with Crippen LogP contribution in [0.1, 0.15) is 45.1 Å². The van der Waals surface area contributed by atoms with Gasteiger partial charge in [0.25, 0.3) is 0 Å². The van der Waals surface area contributed by atoms with Gasteiger partial charge < -0.3 is 14.8 Å². The molecule has 1 fully saturated rings. The van der Waals surface area contributed by atoms with Crippen LogP contribution in [0.25, 0.3) is 0 Å². The van der Waals surface area contributed by atoms with Crippen molar-refractivity contribution < 1.29 is 9.47 Å². The first kappa shape index (κ1) is 14.2. The molecule has 106 valence electrons. The third-order valence-electron chi connectivity index (χ3n) is 4.21. The Bertz CT molecular complexity index is 408. The maximum Gasteiger partial charge on any atom is 0.165 e. The van der Waals surface area contributed by atoms with Crippen LogP contribution < -0.4 is 14.8 Å². The lowest BCUT2D eigenvalue weighted by Crippen LogP contribution is -2.49. The molecule has 0 spiro atoms. The molecular weight excluding hydrogens is 238 g/mol. The van der Waals surface area contributed by atoms with Gasteiger partial charge in [-0.2, -0.15) is 0 Å². The summed E-state index contributed by atoms with van der Waals surface area (Å²) in [4.78, 5) is 0. The van der Waals surface area contributed by atoms with E-state index in [2.05, 4.69) is 18.3 Å². The summed E-state index contributed by atoms with van der Waals surface area (Å²) in [6.45, 7) is 5.76. The number of methoxy groups -OCH3 is 1. The molecule has 19 heavy (non-hydrogen) atoms. The summed E-state index contributed by atoms with van der Waals surface area (Å²) in [5.41, 5.74) is 1.53. The Morgan fingerprint density at radius 3 is 2.58 bits per heavy atom. The van der Waals surface area contributed by atoms with E-state index < -0.39 is 0 Å². The van der Waals surface area contributed by atoms with Crippen molar-refractivity contribution in [2.24, 2.45) is 0 Å². The van der Waals surface area contributed by atoms with Gasteiger partial charge in [-0.05, 0) is 38.7 Å². The minimum absolute atomic E-state index is 0.354. The molecule has 1 N–H and O–H groups in total. The zero-order valence-corrected chi connectivity index (χ0v) is 12.3. The molecular formula is C16H25NO2. The van der Waals surface area contributed by atoms with E-state index in [1.54, 1.807) is 7.11 Å². The third-order valence-corrected chi connectivity index (χ3v) is 4.21. The smallest absolute Gasteiger partial charge is 0.165 e. The second kappa shape index (κ2) is 6.29. The molecule has 3 nitrogen and oxygen atoms in total. The summed E-state index contributed by atoms with van der Waals surface area (Å²) >= 11 is 0. The fraction of sp³-hybridized carbons (Fsp3) is 0.625. The second-order valence-electron chi connectivity index (χ2n) is 5.22. The van der Waals surface area contributed by atoms with Gasteiger partial charge in [-0.3, -0.25) is 0 Å². The van der Waals surface area contributed by atoms with Gasteiger partial charge in [-0.1, -0.05) is 19.1 Å². The number of hydrogen-bond acceptors (Lipinski definition) is 3. The van der Waals surface area contributed by atoms with E-state index in [9.17, 15) is 0 Å². The molecule has 0 heterocycles. The standard InChI is InChI=1S/C16H25NO2/c1-4-16(10-7-11-16)17-12-13-8-6-9-14(19-5-2)15(13)18-3/h6,8-9,17H,4-5,7,10-12H2,1-3H3. The van der Waals surface area contributed by atoms with Crippen molar-refractivity contribution >= 4 is 0 Å². The van der Waals surface area contributed by atoms with Crippen LogP contribution in [0.4, 0.5) is 0 Å². The van der Waals surface area contributed by atoms with Crippen LogP contribution in [0.5, 0.6) is 11.5 Å². The fourth-order valence-corrected chi connectivity index (χ4v) is 2.74. The fourth-order valence-electron chi connectivity index (χ4n) is 2.74. The molecule has 0 aromatic heterocycles. The average Bonchev–Trinajstić information content (AvgIpc) is 2.38. The lowest BCUT2D eigenvalue weighted by Gasteiger charge is -2.42. The van der Waals surface area contributed by atoms with E-state index >= 15 is 0 Å². The van der Waals surface area contributed by atoms with E-state index in [4.69, 9.17) is 9.47 Å². The highest BCUT2D eigenvalue weighted by molar-refractivity contribution is 5.46. The summed E-state index contributed by atoms with van der Waals surface area (Å²) in [5, 5.41) is 3.71. The summed E-state index contributed by atoms with van der Waals surface area (Å²) in [6.07, 6.45) is 5.12. The molecule has 1 aromatic carbocycles. The van der Waals surface area contributed by atoms with Gasteiger partial charge in [0.15, 0.2) is 11.5 Å². The SMILES string of the molecule is CCOc1cccc(CNC2(CC)CCC2)c1OC. The van der Waals surface area contributed by atoms with E-state index in [0.717, 1.165) is 18.0 Å². The highest BCUT2D eigenvalue weighted by Gasteiger charge is 2.34. The quantitative estimate of drug-likeness (QED) is 0.816. The van der Waals surface area contributed by atoms with Gasteiger partial charge >= 0.3 is 0 Å². The summed E-state index contributed by atoms with van der Waals surface area (Å²) < 4.78 is 11.1. The van der Waals surface area contributed by atoms with Crippen molar-refractivity contribution in [1.82, 2.24) is 5.32 Å². The van der Waals surface area contributed by atoms with Crippen LogP contribution in [0.3, 0.4) is 0 Å². The van der Waals surface area contributed by atoms with Gasteiger partial charge in [0.2, 0.25) is 0 Å². The Kier molecular flexibility index (Phi) is 4.70. The number of benzene rings is 1. The first-order valence-corrected chi connectivity index (χ1v) is 7.28. The Hall–Kier alpha value is -1.22. The zero-order valence-electron chi connectivity index (χ0n) is 12.3. The Balaban J connectivity index is 2.08. The molecule has 0 aliphatic heterocycles. The Labute approximate surface area is 116 Å². The van der Waals surface area contributed by atoms with Crippen LogP contribution in [-0.2, 0) is 6.54 Å². The Morgan fingerprint density at radius 1 is 1.26 bits per heavy atom. The molecule has 0 bridgehead atoms. The van der Waals surface area contributed by atoms with Crippen molar-refractivity contribution in [3.8, 4) is 11.5 Å². The summed E-state index contributed by atoms with van der Waals surface area (Å²) in [6, 6.07) is 6.10. The van der Waals surface area contributed by atoms with E-state index in [1.807, 2.05) is 19.1 Å². The lowest BCUT2D eigenvalue weighted by molar-refractivity contribution is 0.174. The lowest BCUT2D eigenvalue weighted by atomic mass is 9.75. The summed E-state index contributed by atoms with van der Waals surface area (Å²) in [7, 11) is 1.71. The number of rotatable bonds is 7. The van der Waals surface area contributed by atoms with Crippen LogP contribution >= 0.6 is 0 Å². The summed E-state index contributed by atoms with van der Waals surface area (Å²) in [5.74, 6) is 1.70. The van der Waals surface area contributed by atoms with Gasteiger partial charge in [0.05, 0.1) is 13.7 Å². The van der Waals surface area contributed by atoms with Crippen LogP contribution in [-0.4, -0.2) is 19.3 Å². The minimum Gasteiger partial charge on any atom is -0.493 e. The molecule has 0 saturated heterocycles. The van der Waals surface area contributed by atoms with Gasteiger partial charge in [0, 0.05) is 17.6 Å². The van der Waals surface area contributed by atoms with Gasteiger partial charge in [0.1, 0.15) is 0 Å². The van der Waals surface area contributed by atoms with Crippen molar-refractivity contribution in [3.05, 3.63) is 23.8 Å². The predicted molar refractivity (Wildman–Crippen MR) is 77.9 cm³/mol. The predicted octanol–water partition coefficient (Wildman–Crippen LogP) is 3.52. The van der Waals surface area contributed by atoms with E-state index in [0.29, 0.717) is 12.1 Å². The molecule has 1 aliphatic carbocycles. The van der Waals surface area contributed by atoms with Crippen LogP contribution in [0.2, 0.25) is 0 Å². The van der Waals surface area contributed by atoms with Crippen LogP contribution in [0, 0.1) is 0 Å². The first-order valence-electron chi connectivity index (χ1n) is 7.28. The van der Waals surface area contributed by atoms with Gasteiger partial charge in [-0.15, -0.1) is 0 Å². The first-order chi connectivity index (χ1) is 9.24. The second-order valence-corrected chi connectivity index (χ2v) is 5.22. The number of nitrogens with one attached hydrogen (secondary N) is 1. The topological polar surface area (TPSA) is 30.5 Å². The third kappa shape index (κ3) is 3.03. The van der Waals surface area contributed by atoms with Crippen molar-refractivity contribution in [2.75, 3.05) is 13.7 Å². The monoisotopic (exact) mass is 263 g/mol. The normalized spacial score (nSPS) is 16.8. The molecule has 0 amide bonds. The van der Waals surface area contributed by atoms with Crippen LogP contribution in [0.15, 0.2) is 18.2 Å². The van der Waals surface area contributed by atoms with E-state index in [-0.39, 0.29) is 0 Å². The maximum atomic E-state index is 5.61. The van der Waals surface area contributed by atoms with Crippen molar-refractivity contribution in [2.45, 2.75) is 51.6 Å². The molecule has 1 aliphatic rings. The van der Waals surface area contributed by atoms with E-state index in [1.165, 1.54) is 31.2 Å². The highest BCUT2D eigenvalue weighted by Crippen LogP contribution is 2.36. The maximum absolute atomic E-state index is 5.61. The molecule has 0 atom stereocenters. The van der Waals surface area contributed by atoms with Crippen molar-refractivity contribution in [1.29, 1.82) is 0 Å². The molecule has 1 aromatic rings. The molecule has 0 unspecified atom stereocenters.